The van der Waals surface area contributed by atoms with E-state index in [1.807, 2.05) is 51.1 Å². The Hall–Kier alpha value is -2.14. The van der Waals surface area contributed by atoms with Crippen molar-refractivity contribution in [1.82, 2.24) is 9.97 Å². The van der Waals surface area contributed by atoms with E-state index in [1.54, 1.807) is 0 Å². The minimum Gasteiger partial charge on any atom is -0.491 e. The molecule has 2 aromatic rings. The summed E-state index contributed by atoms with van der Waals surface area (Å²) in [6.07, 6.45) is -0.630. The zero-order valence-corrected chi connectivity index (χ0v) is 12.6. The Kier molecular flexibility index (Phi) is 5.11. The average molecular weight is 287 g/mol. The first-order valence-corrected chi connectivity index (χ1v) is 6.96. The first kappa shape index (κ1) is 15.3. The molecule has 5 nitrogen and oxygen atoms in total. The molecule has 2 rings (SSSR count). The van der Waals surface area contributed by atoms with E-state index in [1.165, 1.54) is 0 Å². The summed E-state index contributed by atoms with van der Waals surface area (Å²) in [6.45, 7) is 6.40. The summed E-state index contributed by atoms with van der Waals surface area (Å²) in [6, 6.07) is 9.65. The Labute approximate surface area is 125 Å². The molecule has 0 fully saturated rings. The van der Waals surface area contributed by atoms with Crippen LogP contribution in [0.5, 0.6) is 5.75 Å². The molecule has 0 amide bonds. The molecule has 0 saturated heterocycles. The molecule has 0 spiro atoms. The van der Waals surface area contributed by atoms with Gasteiger partial charge < -0.3 is 15.2 Å². The van der Waals surface area contributed by atoms with Crippen molar-refractivity contribution in [1.29, 1.82) is 0 Å². The summed E-state index contributed by atoms with van der Waals surface area (Å²) in [5.41, 5.74) is 2.93. The second kappa shape index (κ2) is 7.04. The van der Waals surface area contributed by atoms with Crippen LogP contribution in [0, 0.1) is 20.8 Å². The Balaban J connectivity index is 1.80. The standard InChI is InChI=1S/C16H21N3O2/c1-11-5-4-6-15(7-11)21-10-14(20)9-17-16-18-12(2)8-13(3)19-16/h4-8,14,20H,9-10H2,1-3H3,(H,17,18,19)/t14-/m0/s1. The van der Waals surface area contributed by atoms with Crippen molar-refractivity contribution >= 4 is 5.95 Å². The molecule has 0 bridgehead atoms. The van der Waals surface area contributed by atoms with Crippen molar-refractivity contribution < 1.29 is 9.84 Å². The van der Waals surface area contributed by atoms with Crippen molar-refractivity contribution in [2.24, 2.45) is 0 Å². The number of nitrogens with one attached hydrogen (secondary N) is 1. The highest BCUT2D eigenvalue weighted by Crippen LogP contribution is 2.12. The molecule has 0 aliphatic carbocycles. The van der Waals surface area contributed by atoms with Crippen LogP contribution in [0.15, 0.2) is 30.3 Å². The minimum absolute atomic E-state index is 0.223. The van der Waals surface area contributed by atoms with Gasteiger partial charge in [0.1, 0.15) is 18.5 Å². The summed E-state index contributed by atoms with van der Waals surface area (Å²) in [5, 5.41) is 13.0. The quantitative estimate of drug-likeness (QED) is 0.853. The molecule has 0 radical (unpaired) electrons. The smallest absolute Gasteiger partial charge is 0.223 e. The van der Waals surface area contributed by atoms with Crippen molar-refractivity contribution in [3.63, 3.8) is 0 Å². The normalized spacial score (nSPS) is 12.0. The van der Waals surface area contributed by atoms with Gasteiger partial charge in [-0.1, -0.05) is 12.1 Å². The van der Waals surface area contributed by atoms with Crippen molar-refractivity contribution in [2.45, 2.75) is 26.9 Å². The Bertz CT molecular complexity index is 582. The van der Waals surface area contributed by atoms with Gasteiger partial charge in [0, 0.05) is 17.9 Å². The maximum atomic E-state index is 9.94. The van der Waals surface area contributed by atoms with Crippen molar-refractivity contribution in [2.75, 3.05) is 18.5 Å². The van der Waals surface area contributed by atoms with Crippen molar-refractivity contribution in [3.05, 3.63) is 47.3 Å². The van der Waals surface area contributed by atoms with E-state index in [2.05, 4.69) is 15.3 Å². The number of aliphatic hydroxyl groups excluding tert-OH is 1. The number of aliphatic hydroxyl groups is 1. The lowest BCUT2D eigenvalue weighted by Crippen LogP contribution is -2.27. The highest BCUT2D eigenvalue weighted by Gasteiger charge is 2.07. The van der Waals surface area contributed by atoms with Gasteiger partial charge in [-0.05, 0) is 44.5 Å². The van der Waals surface area contributed by atoms with Gasteiger partial charge in [0.05, 0.1) is 0 Å². The van der Waals surface area contributed by atoms with E-state index >= 15 is 0 Å². The SMILES string of the molecule is Cc1cccc(OC[C@@H](O)CNc2nc(C)cc(C)n2)c1. The number of nitrogens with zero attached hydrogens (tertiary/aromatic N) is 2. The predicted octanol–water partition coefficient (Wildman–Crippen LogP) is 2.25. The highest BCUT2D eigenvalue weighted by atomic mass is 16.5. The lowest BCUT2D eigenvalue weighted by atomic mass is 10.2. The molecular formula is C16H21N3O2. The molecule has 21 heavy (non-hydrogen) atoms. The number of benzene rings is 1. The number of rotatable bonds is 6. The van der Waals surface area contributed by atoms with E-state index in [9.17, 15) is 5.11 Å². The van der Waals surface area contributed by atoms with Gasteiger partial charge in [0.15, 0.2) is 0 Å². The number of hydrogen-bond donors (Lipinski definition) is 2. The zero-order chi connectivity index (χ0) is 15.2. The van der Waals surface area contributed by atoms with Gasteiger partial charge in [-0.15, -0.1) is 0 Å². The van der Waals surface area contributed by atoms with Gasteiger partial charge >= 0.3 is 0 Å². The molecule has 1 aromatic heterocycles. The van der Waals surface area contributed by atoms with Crippen LogP contribution < -0.4 is 10.1 Å². The second-order valence-corrected chi connectivity index (χ2v) is 5.14. The minimum atomic E-state index is -0.630. The molecule has 1 atom stereocenters. The fourth-order valence-corrected chi connectivity index (χ4v) is 1.97. The lowest BCUT2D eigenvalue weighted by Gasteiger charge is -2.14. The summed E-state index contributed by atoms with van der Waals surface area (Å²) in [5.74, 6) is 1.29. The molecule has 0 aliphatic rings. The molecular weight excluding hydrogens is 266 g/mol. The number of anilines is 1. The zero-order valence-electron chi connectivity index (χ0n) is 12.6. The van der Waals surface area contributed by atoms with E-state index < -0.39 is 6.10 Å². The molecule has 5 heteroatoms. The second-order valence-electron chi connectivity index (χ2n) is 5.14. The molecule has 0 unspecified atom stereocenters. The molecule has 0 saturated carbocycles. The maximum absolute atomic E-state index is 9.94. The first-order valence-electron chi connectivity index (χ1n) is 6.96. The summed E-state index contributed by atoms with van der Waals surface area (Å²) < 4.78 is 5.55. The third-order valence-corrected chi connectivity index (χ3v) is 2.91. The number of aryl methyl sites for hydroxylation is 3. The van der Waals surface area contributed by atoms with Crippen LogP contribution >= 0.6 is 0 Å². The average Bonchev–Trinajstić information content (AvgIpc) is 2.42. The summed E-state index contributed by atoms with van der Waals surface area (Å²) >= 11 is 0. The predicted molar refractivity (Wildman–Crippen MR) is 82.7 cm³/mol. The van der Waals surface area contributed by atoms with Gasteiger partial charge in [-0.25, -0.2) is 9.97 Å². The molecule has 1 aromatic carbocycles. The number of ether oxygens (including phenoxy) is 1. The lowest BCUT2D eigenvalue weighted by molar-refractivity contribution is 0.117. The van der Waals surface area contributed by atoms with Gasteiger partial charge in [-0.2, -0.15) is 0 Å². The Morgan fingerprint density at radius 3 is 2.52 bits per heavy atom. The van der Waals surface area contributed by atoms with Crippen LogP contribution in [0.2, 0.25) is 0 Å². The Morgan fingerprint density at radius 2 is 1.86 bits per heavy atom. The van der Waals surface area contributed by atoms with Crippen molar-refractivity contribution in [3.8, 4) is 5.75 Å². The third-order valence-electron chi connectivity index (χ3n) is 2.91. The first-order chi connectivity index (χ1) is 10.0. The molecule has 112 valence electrons. The van der Waals surface area contributed by atoms with Crippen LogP contribution in [-0.2, 0) is 0 Å². The van der Waals surface area contributed by atoms with Crippen LogP contribution in [0.1, 0.15) is 17.0 Å². The van der Waals surface area contributed by atoms with E-state index in [0.717, 1.165) is 22.7 Å². The van der Waals surface area contributed by atoms with Crippen LogP contribution in [0.4, 0.5) is 5.95 Å². The monoisotopic (exact) mass is 287 g/mol. The fraction of sp³-hybridized carbons (Fsp3) is 0.375. The third kappa shape index (κ3) is 5.04. The largest absolute Gasteiger partial charge is 0.491 e. The molecule has 2 N–H and O–H groups in total. The molecule has 0 aliphatic heterocycles. The van der Waals surface area contributed by atoms with E-state index in [0.29, 0.717) is 12.5 Å². The molecule has 1 heterocycles. The van der Waals surface area contributed by atoms with E-state index in [4.69, 9.17) is 4.74 Å². The highest BCUT2D eigenvalue weighted by molar-refractivity contribution is 5.28. The summed E-state index contributed by atoms with van der Waals surface area (Å²) in [4.78, 5) is 8.52. The number of aromatic nitrogens is 2. The van der Waals surface area contributed by atoms with Gasteiger partial charge in [0.25, 0.3) is 0 Å². The number of hydrogen-bond acceptors (Lipinski definition) is 5. The van der Waals surface area contributed by atoms with Gasteiger partial charge in [0.2, 0.25) is 5.95 Å². The van der Waals surface area contributed by atoms with Crippen LogP contribution in [0.25, 0.3) is 0 Å². The Morgan fingerprint density at radius 1 is 1.14 bits per heavy atom. The van der Waals surface area contributed by atoms with Gasteiger partial charge in [-0.3, -0.25) is 0 Å². The fourth-order valence-electron chi connectivity index (χ4n) is 1.97. The summed E-state index contributed by atoms with van der Waals surface area (Å²) in [7, 11) is 0. The maximum Gasteiger partial charge on any atom is 0.223 e. The van der Waals surface area contributed by atoms with Crippen LogP contribution in [-0.4, -0.2) is 34.3 Å². The van der Waals surface area contributed by atoms with Crippen LogP contribution in [0.3, 0.4) is 0 Å². The van der Waals surface area contributed by atoms with E-state index in [-0.39, 0.29) is 6.61 Å². The topological polar surface area (TPSA) is 67.3 Å².